The van der Waals surface area contributed by atoms with E-state index in [2.05, 4.69) is 5.32 Å². The molecule has 0 saturated carbocycles. The predicted molar refractivity (Wildman–Crippen MR) is 93.1 cm³/mol. The minimum Gasteiger partial charge on any atom is -0.378 e. The summed E-state index contributed by atoms with van der Waals surface area (Å²) in [6.45, 7) is -0.251. The summed E-state index contributed by atoms with van der Waals surface area (Å²) in [4.78, 5) is 24.9. The van der Waals surface area contributed by atoms with E-state index >= 15 is 0 Å². The average molecular weight is 365 g/mol. The summed E-state index contributed by atoms with van der Waals surface area (Å²) in [6, 6.07) is 13.2. The lowest BCUT2D eigenvalue weighted by Crippen LogP contribution is -2.36. The van der Waals surface area contributed by atoms with Gasteiger partial charge in [0.25, 0.3) is 5.91 Å². The number of halogens is 3. The molecule has 2 amide bonds. The number of nitrogens with one attached hydrogen (secondary N) is 2. The summed E-state index contributed by atoms with van der Waals surface area (Å²) < 4.78 is 36.4. The van der Waals surface area contributed by atoms with Crippen LogP contribution in [0.4, 0.5) is 24.5 Å². The van der Waals surface area contributed by atoms with Crippen LogP contribution in [0, 0.1) is 0 Å². The molecule has 138 valence electrons. The van der Waals surface area contributed by atoms with Crippen LogP contribution >= 0.6 is 0 Å². The van der Waals surface area contributed by atoms with Gasteiger partial charge in [-0.1, -0.05) is 12.1 Å². The number of nitrogens with zero attached hydrogens (tertiary/aromatic N) is 1. The molecule has 0 fully saturated rings. The fourth-order valence-corrected chi connectivity index (χ4v) is 2.10. The third-order valence-corrected chi connectivity index (χ3v) is 3.57. The molecule has 0 unspecified atom stereocenters. The highest BCUT2D eigenvalue weighted by Gasteiger charge is 2.38. The van der Waals surface area contributed by atoms with Crippen molar-refractivity contribution in [3.8, 4) is 0 Å². The van der Waals surface area contributed by atoms with Crippen molar-refractivity contribution in [3.63, 3.8) is 0 Å². The van der Waals surface area contributed by atoms with E-state index in [-0.39, 0.29) is 12.5 Å². The van der Waals surface area contributed by atoms with Crippen molar-refractivity contribution < 1.29 is 22.8 Å². The summed E-state index contributed by atoms with van der Waals surface area (Å²) in [5, 5.41) is 4.49. The Morgan fingerprint density at radius 1 is 0.962 bits per heavy atom. The maximum Gasteiger partial charge on any atom is 0.471 e. The Balaban J connectivity index is 1.94. The standard InChI is InChI=1S/C18H18F3N3O2/c1-24(2)15-9-5-13(6-10-15)16(25)23-14-7-3-12(4-8-14)11-22-17(26)18(19,20)21/h3-10H,11H2,1-2H3,(H,22,26)(H,23,25). The van der Waals surface area contributed by atoms with Crippen LogP contribution in [0.1, 0.15) is 15.9 Å². The highest BCUT2D eigenvalue weighted by Crippen LogP contribution is 2.16. The molecule has 0 spiro atoms. The van der Waals surface area contributed by atoms with E-state index in [1.54, 1.807) is 29.6 Å². The van der Waals surface area contributed by atoms with Gasteiger partial charge in [-0.2, -0.15) is 13.2 Å². The fourth-order valence-electron chi connectivity index (χ4n) is 2.10. The molecule has 2 aromatic carbocycles. The van der Waals surface area contributed by atoms with Gasteiger partial charge in [0.1, 0.15) is 0 Å². The lowest BCUT2D eigenvalue weighted by atomic mass is 10.1. The number of hydrogen-bond donors (Lipinski definition) is 2. The van der Waals surface area contributed by atoms with E-state index in [1.165, 1.54) is 12.1 Å². The minimum absolute atomic E-state index is 0.251. The smallest absolute Gasteiger partial charge is 0.378 e. The minimum atomic E-state index is -4.91. The van der Waals surface area contributed by atoms with E-state index in [0.717, 1.165) is 5.69 Å². The van der Waals surface area contributed by atoms with Gasteiger partial charge < -0.3 is 15.5 Å². The lowest BCUT2D eigenvalue weighted by Gasteiger charge is -2.13. The zero-order chi connectivity index (χ0) is 19.3. The van der Waals surface area contributed by atoms with Crippen LogP contribution in [0.2, 0.25) is 0 Å². The third-order valence-electron chi connectivity index (χ3n) is 3.57. The van der Waals surface area contributed by atoms with Crippen LogP contribution in [0.25, 0.3) is 0 Å². The Kier molecular flexibility index (Phi) is 5.86. The van der Waals surface area contributed by atoms with E-state index in [1.807, 2.05) is 31.1 Å². The first kappa shape index (κ1) is 19.3. The van der Waals surface area contributed by atoms with E-state index in [4.69, 9.17) is 0 Å². The number of hydrogen-bond acceptors (Lipinski definition) is 3. The molecule has 0 saturated heterocycles. The summed E-state index contributed by atoms with van der Waals surface area (Å²) in [5.41, 5.74) is 2.43. The van der Waals surface area contributed by atoms with Gasteiger partial charge in [0, 0.05) is 37.6 Å². The maximum absolute atomic E-state index is 12.2. The second-order valence-electron chi connectivity index (χ2n) is 5.77. The molecule has 0 bridgehead atoms. The molecule has 0 aromatic heterocycles. The van der Waals surface area contributed by atoms with Crippen molar-refractivity contribution in [2.75, 3.05) is 24.3 Å². The van der Waals surface area contributed by atoms with Gasteiger partial charge in [0.15, 0.2) is 0 Å². The molecule has 8 heteroatoms. The van der Waals surface area contributed by atoms with Gasteiger partial charge in [-0.15, -0.1) is 0 Å². The van der Waals surface area contributed by atoms with Crippen molar-refractivity contribution in [2.45, 2.75) is 12.7 Å². The maximum atomic E-state index is 12.2. The van der Waals surface area contributed by atoms with Gasteiger partial charge in [-0.3, -0.25) is 9.59 Å². The van der Waals surface area contributed by atoms with Gasteiger partial charge in [-0.25, -0.2) is 0 Å². The van der Waals surface area contributed by atoms with Crippen molar-refractivity contribution in [1.29, 1.82) is 0 Å². The number of carbonyl (C=O) groups excluding carboxylic acids is 2. The van der Waals surface area contributed by atoms with Crippen molar-refractivity contribution in [3.05, 3.63) is 59.7 Å². The number of amides is 2. The van der Waals surface area contributed by atoms with Crippen LogP contribution in [-0.4, -0.2) is 32.1 Å². The second kappa shape index (κ2) is 7.90. The monoisotopic (exact) mass is 365 g/mol. The van der Waals surface area contributed by atoms with Crippen molar-refractivity contribution in [2.24, 2.45) is 0 Å². The number of alkyl halides is 3. The quantitative estimate of drug-likeness (QED) is 0.856. The zero-order valence-corrected chi connectivity index (χ0v) is 14.2. The number of carbonyl (C=O) groups is 2. The normalized spacial score (nSPS) is 11.0. The van der Waals surface area contributed by atoms with Gasteiger partial charge >= 0.3 is 12.1 Å². The molecule has 5 nitrogen and oxygen atoms in total. The molecular weight excluding hydrogens is 347 g/mol. The molecule has 0 radical (unpaired) electrons. The SMILES string of the molecule is CN(C)c1ccc(C(=O)Nc2ccc(CNC(=O)C(F)(F)F)cc2)cc1. The largest absolute Gasteiger partial charge is 0.471 e. The molecule has 0 heterocycles. The fraction of sp³-hybridized carbons (Fsp3) is 0.222. The van der Waals surface area contributed by atoms with Gasteiger partial charge in [0.2, 0.25) is 0 Å². The first-order valence-electron chi connectivity index (χ1n) is 7.69. The molecular formula is C18H18F3N3O2. The first-order chi connectivity index (χ1) is 12.2. The number of anilines is 2. The predicted octanol–water partition coefficient (Wildman–Crippen LogP) is 3.18. The Bertz CT molecular complexity index is 770. The summed E-state index contributed by atoms with van der Waals surface area (Å²) in [6.07, 6.45) is -4.91. The molecule has 2 aromatic rings. The van der Waals surface area contributed by atoms with Crippen LogP contribution < -0.4 is 15.5 Å². The summed E-state index contributed by atoms with van der Waals surface area (Å²) >= 11 is 0. The first-order valence-corrected chi connectivity index (χ1v) is 7.69. The Hall–Kier alpha value is -3.03. The lowest BCUT2D eigenvalue weighted by molar-refractivity contribution is -0.173. The van der Waals surface area contributed by atoms with Crippen LogP contribution in [0.3, 0.4) is 0 Å². The van der Waals surface area contributed by atoms with Crippen LogP contribution in [0.15, 0.2) is 48.5 Å². The van der Waals surface area contributed by atoms with Gasteiger partial charge in [0.05, 0.1) is 0 Å². The highest BCUT2D eigenvalue weighted by molar-refractivity contribution is 6.04. The van der Waals surface area contributed by atoms with Crippen LogP contribution in [0.5, 0.6) is 0 Å². The Morgan fingerprint density at radius 2 is 1.54 bits per heavy atom. The van der Waals surface area contributed by atoms with Crippen LogP contribution in [-0.2, 0) is 11.3 Å². The molecule has 0 aliphatic carbocycles. The second-order valence-corrected chi connectivity index (χ2v) is 5.77. The van der Waals surface area contributed by atoms with Crippen molar-refractivity contribution in [1.82, 2.24) is 5.32 Å². The van der Waals surface area contributed by atoms with E-state index < -0.39 is 12.1 Å². The molecule has 0 aliphatic rings. The molecule has 0 aliphatic heterocycles. The van der Waals surface area contributed by atoms with E-state index in [9.17, 15) is 22.8 Å². The molecule has 0 atom stereocenters. The summed E-state index contributed by atoms with van der Waals surface area (Å²) in [5.74, 6) is -2.29. The van der Waals surface area contributed by atoms with Crippen molar-refractivity contribution >= 4 is 23.2 Å². The molecule has 2 rings (SSSR count). The third kappa shape index (κ3) is 5.23. The molecule has 26 heavy (non-hydrogen) atoms. The zero-order valence-electron chi connectivity index (χ0n) is 14.2. The summed E-state index contributed by atoms with van der Waals surface area (Å²) in [7, 11) is 3.79. The highest BCUT2D eigenvalue weighted by atomic mass is 19.4. The van der Waals surface area contributed by atoms with Gasteiger partial charge in [-0.05, 0) is 42.0 Å². The van der Waals surface area contributed by atoms with E-state index in [0.29, 0.717) is 16.8 Å². The average Bonchev–Trinajstić information content (AvgIpc) is 2.60. The number of benzene rings is 2. The Morgan fingerprint density at radius 3 is 2.04 bits per heavy atom. The number of rotatable bonds is 5. The Labute approximate surface area is 148 Å². The molecule has 2 N–H and O–H groups in total. The topological polar surface area (TPSA) is 61.4 Å².